The molecule has 0 aromatic heterocycles. The number of hydrogen-bond donors (Lipinski definition) is 2. The van der Waals surface area contributed by atoms with Crippen molar-refractivity contribution >= 4 is 34.9 Å². The van der Waals surface area contributed by atoms with Gasteiger partial charge in [0, 0.05) is 34.9 Å². The van der Waals surface area contributed by atoms with Crippen molar-refractivity contribution in [1.82, 2.24) is 5.32 Å². The van der Waals surface area contributed by atoms with Gasteiger partial charge in [-0.3, -0.25) is 4.79 Å². The minimum Gasteiger partial charge on any atom is -0.350 e. The minimum atomic E-state index is -4.69. The molecule has 0 fully saturated rings. The number of halogens is 4. The smallest absolute Gasteiger partial charge is 0.350 e. The van der Waals surface area contributed by atoms with Crippen LogP contribution in [-0.4, -0.2) is 29.8 Å². The predicted octanol–water partition coefficient (Wildman–Crippen LogP) is 4.70. The van der Waals surface area contributed by atoms with Crippen molar-refractivity contribution in [3.63, 3.8) is 0 Å². The van der Waals surface area contributed by atoms with Crippen LogP contribution >= 0.6 is 11.6 Å². The summed E-state index contributed by atoms with van der Waals surface area (Å²) in [6.07, 6.45) is -2.86. The molecular formula is C18H20ClF3N4O. The van der Waals surface area contributed by atoms with E-state index in [2.05, 4.69) is 20.6 Å². The van der Waals surface area contributed by atoms with Crippen molar-refractivity contribution < 1.29 is 18.0 Å². The van der Waals surface area contributed by atoms with Crippen molar-refractivity contribution in [2.75, 3.05) is 5.32 Å². The van der Waals surface area contributed by atoms with Gasteiger partial charge in [0.25, 0.3) is 0 Å². The van der Waals surface area contributed by atoms with Crippen LogP contribution in [0.15, 0.2) is 46.0 Å². The van der Waals surface area contributed by atoms with Gasteiger partial charge in [-0.15, -0.1) is 0 Å². The number of nitrogens with one attached hydrogen (secondary N) is 2. The number of carbonyl (C=O) groups excluding carboxylic acids is 1. The molecular weight excluding hydrogens is 381 g/mol. The highest BCUT2D eigenvalue weighted by Gasteiger charge is 2.38. The Morgan fingerprint density at radius 3 is 2.59 bits per heavy atom. The summed E-state index contributed by atoms with van der Waals surface area (Å²) in [4.78, 5) is 19.9. The number of amides is 1. The number of rotatable bonds is 5. The third kappa shape index (κ3) is 6.09. The number of alkyl halides is 3. The third-order valence-corrected chi connectivity index (χ3v) is 4.20. The SMILES string of the molecule is CCC(CC)NC(=O)C1=CN=C(Nc2cccc(Cl)c2)N=C(C(F)(F)F)C1. The van der Waals surface area contributed by atoms with Gasteiger partial charge in [-0.05, 0) is 31.0 Å². The van der Waals surface area contributed by atoms with Crippen LogP contribution in [0.5, 0.6) is 0 Å². The maximum Gasteiger partial charge on any atom is 0.429 e. The number of anilines is 1. The molecule has 0 saturated heterocycles. The monoisotopic (exact) mass is 400 g/mol. The summed E-state index contributed by atoms with van der Waals surface area (Å²) in [5, 5.41) is 5.82. The summed E-state index contributed by atoms with van der Waals surface area (Å²) in [6.45, 7) is 3.79. The van der Waals surface area contributed by atoms with Gasteiger partial charge in [0.2, 0.25) is 11.9 Å². The standard InChI is InChI=1S/C18H20ClF3N4O/c1-3-13(4-2)24-16(27)11-8-15(18(20,21)22)26-17(23-10-11)25-14-7-5-6-12(19)9-14/h5-7,9-10,13H,3-4,8H2,1-2H3,(H,23,25)(H,24,27). The Morgan fingerprint density at radius 1 is 1.30 bits per heavy atom. The molecule has 9 heteroatoms. The highest BCUT2D eigenvalue weighted by Crippen LogP contribution is 2.25. The lowest BCUT2D eigenvalue weighted by molar-refractivity contribution is -0.118. The highest BCUT2D eigenvalue weighted by molar-refractivity contribution is 6.31. The zero-order valence-electron chi connectivity index (χ0n) is 14.9. The van der Waals surface area contributed by atoms with E-state index in [-0.39, 0.29) is 17.6 Å². The van der Waals surface area contributed by atoms with Crippen LogP contribution in [0.3, 0.4) is 0 Å². The molecule has 146 valence electrons. The molecule has 0 spiro atoms. The number of hydrogen-bond acceptors (Lipinski definition) is 4. The third-order valence-electron chi connectivity index (χ3n) is 3.96. The lowest BCUT2D eigenvalue weighted by atomic mass is 10.1. The molecule has 1 aromatic rings. The van der Waals surface area contributed by atoms with Crippen LogP contribution in [0, 0.1) is 0 Å². The van der Waals surface area contributed by atoms with Crippen LogP contribution in [-0.2, 0) is 4.79 Å². The predicted molar refractivity (Wildman–Crippen MR) is 101 cm³/mol. The fraction of sp³-hybridized carbons (Fsp3) is 0.389. The van der Waals surface area contributed by atoms with Gasteiger partial charge < -0.3 is 10.6 Å². The maximum absolute atomic E-state index is 13.3. The van der Waals surface area contributed by atoms with E-state index in [0.29, 0.717) is 23.6 Å². The summed E-state index contributed by atoms with van der Waals surface area (Å²) in [5.74, 6) is -0.844. The maximum atomic E-state index is 13.3. The molecule has 1 amide bonds. The Bertz CT molecular complexity index is 783. The van der Waals surface area contributed by atoms with E-state index in [4.69, 9.17) is 11.6 Å². The lowest BCUT2D eigenvalue weighted by Crippen LogP contribution is -2.36. The van der Waals surface area contributed by atoms with Gasteiger partial charge in [-0.1, -0.05) is 31.5 Å². The van der Waals surface area contributed by atoms with Gasteiger partial charge in [-0.25, -0.2) is 9.98 Å². The van der Waals surface area contributed by atoms with Crippen LogP contribution < -0.4 is 10.6 Å². The Hall–Kier alpha value is -2.35. The molecule has 1 heterocycles. The molecule has 0 bridgehead atoms. The summed E-state index contributed by atoms with van der Waals surface area (Å²) in [5.41, 5.74) is -0.759. The van der Waals surface area contributed by atoms with Crippen molar-refractivity contribution in [3.05, 3.63) is 41.1 Å². The molecule has 27 heavy (non-hydrogen) atoms. The summed E-state index contributed by atoms with van der Waals surface area (Å²) < 4.78 is 40.0. The largest absolute Gasteiger partial charge is 0.429 e. The van der Waals surface area contributed by atoms with E-state index in [0.717, 1.165) is 6.20 Å². The molecule has 0 unspecified atom stereocenters. The first-order valence-corrected chi connectivity index (χ1v) is 8.85. The Morgan fingerprint density at radius 2 is 2.00 bits per heavy atom. The number of benzene rings is 1. The minimum absolute atomic E-state index is 0.0964. The molecule has 1 aliphatic heterocycles. The molecule has 1 aliphatic rings. The fourth-order valence-electron chi connectivity index (χ4n) is 2.39. The van der Waals surface area contributed by atoms with Gasteiger partial charge in [-0.2, -0.15) is 13.2 Å². The van der Waals surface area contributed by atoms with E-state index in [9.17, 15) is 18.0 Å². The van der Waals surface area contributed by atoms with Crippen molar-refractivity contribution in [2.24, 2.45) is 9.98 Å². The summed E-state index contributed by atoms with van der Waals surface area (Å²) >= 11 is 5.88. The topological polar surface area (TPSA) is 65.8 Å². The molecule has 1 aromatic carbocycles. The Kier molecular flexibility index (Phi) is 7.01. The van der Waals surface area contributed by atoms with Crippen molar-refractivity contribution in [2.45, 2.75) is 45.3 Å². The molecule has 0 atom stereocenters. The molecule has 0 aliphatic carbocycles. The average molecular weight is 401 g/mol. The van der Waals surface area contributed by atoms with Crippen molar-refractivity contribution in [1.29, 1.82) is 0 Å². The molecule has 2 rings (SSSR count). The Labute approximate surface area is 160 Å². The van der Waals surface area contributed by atoms with E-state index in [1.54, 1.807) is 18.2 Å². The first kappa shape index (κ1) is 21.0. The van der Waals surface area contributed by atoms with Gasteiger partial charge in [0.05, 0.1) is 0 Å². The molecule has 5 nitrogen and oxygen atoms in total. The van der Waals surface area contributed by atoms with Crippen LogP contribution in [0.2, 0.25) is 5.02 Å². The Balaban J connectivity index is 2.31. The van der Waals surface area contributed by atoms with E-state index in [1.807, 2.05) is 13.8 Å². The number of nitrogens with zero attached hydrogens (tertiary/aromatic N) is 2. The summed E-state index contributed by atoms with van der Waals surface area (Å²) in [7, 11) is 0. The lowest BCUT2D eigenvalue weighted by Gasteiger charge is -2.16. The summed E-state index contributed by atoms with van der Waals surface area (Å²) in [6, 6.07) is 6.31. The average Bonchev–Trinajstić information content (AvgIpc) is 2.82. The van der Waals surface area contributed by atoms with Crippen molar-refractivity contribution in [3.8, 4) is 0 Å². The van der Waals surface area contributed by atoms with E-state index >= 15 is 0 Å². The molecule has 0 saturated carbocycles. The van der Waals surface area contributed by atoms with E-state index in [1.165, 1.54) is 6.07 Å². The molecule has 2 N–H and O–H groups in total. The zero-order valence-corrected chi connectivity index (χ0v) is 15.7. The van der Waals surface area contributed by atoms with Gasteiger partial charge in [0.1, 0.15) is 5.71 Å². The quantitative estimate of drug-likeness (QED) is 0.752. The second-order valence-corrected chi connectivity index (χ2v) is 6.40. The first-order chi connectivity index (χ1) is 12.7. The van der Waals surface area contributed by atoms with E-state index < -0.39 is 24.2 Å². The van der Waals surface area contributed by atoms with Gasteiger partial charge >= 0.3 is 6.18 Å². The zero-order chi connectivity index (χ0) is 20.0. The van der Waals surface area contributed by atoms with Crippen LogP contribution in [0.4, 0.5) is 18.9 Å². The fourth-order valence-corrected chi connectivity index (χ4v) is 2.58. The van der Waals surface area contributed by atoms with Gasteiger partial charge in [0.15, 0.2) is 0 Å². The number of carbonyl (C=O) groups is 1. The second-order valence-electron chi connectivity index (χ2n) is 5.96. The first-order valence-electron chi connectivity index (χ1n) is 8.48. The number of guanidine groups is 1. The number of aliphatic imine (C=N–C) groups is 2. The normalized spacial score (nSPS) is 14.9. The molecule has 0 radical (unpaired) electrons. The second kappa shape index (κ2) is 9.03. The van der Waals surface area contributed by atoms with Crippen LogP contribution in [0.1, 0.15) is 33.1 Å². The highest BCUT2D eigenvalue weighted by atomic mass is 35.5. The van der Waals surface area contributed by atoms with Crippen LogP contribution in [0.25, 0.3) is 0 Å².